The molecule has 0 fully saturated rings. The molecule has 7 nitrogen and oxygen atoms in total. The Hall–Kier alpha value is -3.42. The van der Waals surface area contributed by atoms with Crippen LogP contribution in [0.5, 0.6) is 11.5 Å². The number of benzene rings is 2. The Kier molecular flexibility index (Phi) is 5.98. The molecular weight excluding hydrogens is 349 g/mol. The average molecular weight is 369 g/mol. The van der Waals surface area contributed by atoms with Gasteiger partial charge in [0, 0.05) is 18.7 Å². The normalized spacial score (nSPS) is 10.3. The minimum absolute atomic E-state index is 0.271. The van der Waals surface area contributed by atoms with Crippen molar-refractivity contribution in [3.63, 3.8) is 0 Å². The molecule has 0 spiro atoms. The highest BCUT2D eigenvalue weighted by Gasteiger charge is 2.06. The van der Waals surface area contributed by atoms with E-state index in [4.69, 9.17) is 9.47 Å². The molecule has 140 valence electrons. The Labute approximate surface area is 156 Å². The van der Waals surface area contributed by atoms with Gasteiger partial charge >= 0.3 is 0 Å². The van der Waals surface area contributed by atoms with Gasteiger partial charge in [-0.05, 0) is 23.8 Å². The van der Waals surface area contributed by atoms with Gasteiger partial charge in [-0.1, -0.05) is 24.3 Å². The average Bonchev–Trinajstić information content (AvgIpc) is 2.71. The van der Waals surface area contributed by atoms with E-state index in [2.05, 4.69) is 25.8 Å². The quantitative estimate of drug-likeness (QED) is 0.631. The first kappa shape index (κ1) is 18.4. The molecular formula is C19H20FN5O2. The molecule has 2 aromatic carbocycles. The van der Waals surface area contributed by atoms with E-state index in [0.29, 0.717) is 35.4 Å². The van der Waals surface area contributed by atoms with Crippen LogP contribution in [0.25, 0.3) is 0 Å². The van der Waals surface area contributed by atoms with E-state index < -0.39 is 0 Å². The molecule has 3 rings (SSSR count). The van der Waals surface area contributed by atoms with Crippen LogP contribution in [0.4, 0.5) is 16.2 Å². The third kappa shape index (κ3) is 4.81. The zero-order valence-corrected chi connectivity index (χ0v) is 15.1. The summed E-state index contributed by atoms with van der Waals surface area (Å²) in [6.07, 6.45) is 1.52. The number of hydrogen-bond donors (Lipinski definition) is 2. The third-order valence-electron chi connectivity index (χ3n) is 3.88. The van der Waals surface area contributed by atoms with Gasteiger partial charge in [0.1, 0.15) is 5.82 Å². The van der Waals surface area contributed by atoms with Gasteiger partial charge in [-0.3, -0.25) is 0 Å². The molecule has 1 aromatic heterocycles. The topological polar surface area (TPSA) is 81.2 Å². The molecule has 2 N–H and O–H groups in total. The SMILES string of the molecule is COc1ccc(CNc2cnnc(NCc3ccccc3F)n2)cc1OC. The van der Waals surface area contributed by atoms with Gasteiger partial charge in [-0.2, -0.15) is 10.1 Å². The summed E-state index contributed by atoms with van der Waals surface area (Å²) in [5.74, 6) is 1.92. The number of hydrogen-bond acceptors (Lipinski definition) is 7. The first-order valence-corrected chi connectivity index (χ1v) is 8.31. The van der Waals surface area contributed by atoms with Gasteiger partial charge in [0.15, 0.2) is 17.3 Å². The minimum atomic E-state index is -0.277. The number of nitrogens with zero attached hydrogens (tertiary/aromatic N) is 3. The second-order valence-corrected chi connectivity index (χ2v) is 5.65. The number of rotatable bonds is 8. The van der Waals surface area contributed by atoms with Crippen molar-refractivity contribution < 1.29 is 13.9 Å². The van der Waals surface area contributed by atoms with Crippen molar-refractivity contribution in [2.45, 2.75) is 13.1 Å². The van der Waals surface area contributed by atoms with E-state index >= 15 is 0 Å². The lowest BCUT2D eigenvalue weighted by atomic mass is 10.2. The minimum Gasteiger partial charge on any atom is -0.493 e. The number of methoxy groups -OCH3 is 2. The van der Waals surface area contributed by atoms with Crippen LogP contribution >= 0.6 is 0 Å². The van der Waals surface area contributed by atoms with Crippen molar-refractivity contribution >= 4 is 11.8 Å². The van der Waals surface area contributed by atoms with Crippen molar-refractivity contribution in [3.8, 4) is 11.5 Å². The highest BCUT2D eigenvalue weighted by Crippen LogP contribution is 2.27. The Morgan fingerprint density at radius 3 is 2.56 bits per heavy atom. The van der Waals surface area contributed by atoms with Gasteiger partial charge in [0.05, 0.1) is 20.4 Å². The van der Waals surface area contributed by atoms with Crippen molar-refractivity contribution in [2.75, 3.05) is 24.9 Å². The molecule has 0 bridgehead atoms. The second kappa shape index (κ2) is 8.79. The Balaban J connectivity index is 1.61. The van der Waals surface area contributed by atoms with Crippen LogP contribution < -0.4 is 20.1 Å². The van der Waals surface area contributed by atoms with Crippen molar-refractivity contribution in [3.05, 3.63) is 65.6 Å². The van der Waals surface area contributed by atoms with Crippen LogP contribution in [0.2, 0.25) is 0 Å². The summed E-state index contributed by atoms with van der Waals surface area (Å²) < 4.78 is 24.2. The molecule has 1 heterocycles. The second-order valence-electron chi connectivity index (χ2n) is 5.65. The Morgan fingerprint density at radius 1 is 0.963 bits per heavy atom. The summed E-state index contributed by atoms with van der Waals surface area (Å²) >= 11 is 0. The molecule has 0 aliphatic rings. The van der Waals surface area contributed by atoms with Crippen molar-refractivity contribution in [1.82, 2.24) is 15.2 Å². The number of anilines is 2. The van der Waals surface area contributed by atoms with Crippen molar-refractivity contribution in [1.29, 1.82) is 0 Å². The number of halogens is 1. The van der Waals surface area contributed by atoms with E-state index in [0.717, 1.165) is 5.56 Å². The predicted molar refractivity (Wildman–Crippen MR) is 100 cm³/mol. The van der Waals surface area contributed by atoms with E-state index in [1.807, 2.05) is 18.2 Å². The van der Waals surface area contributed by atoms with Gasteiger partial charge < -0.3 is 20.1 Å². The van der Waals surface area contributed by atoms with E-state index in [1.165, 1.54) is 12.3 Å². The van der Waals surface area contributed by atoms with E-state index in [1.54, 1.807) is 32.4 Å². The Bertz CT molecular complexity index is 907. The maximum atomic E-state index is 13.7. The molecule has 3 aromatic rings. The standard InChI is InChI=1S/C19H20FN5O2/c1-26-16-8-7-13(9-17(16)27-2)10-21-18-12-23-25-19(24-18)22-11-14-5-3-4-6-15(14)20/h3-9,12H,10-11H2,1-2H3,(H2,21,22,24,25). The van der Waals surface area contributed by atoms with E-state index in [-0.39, 0.29) is 12.4 Å². The fraction of sp³-hybridized carbons (Fsp3) is 0.211. The maximum absolute atomic E-state index is 13.7. The number of aromatic nitrogens is 3. The van der Waals surface area contributed by atoms with Crippen LogP contribution in [0, 0.1) is 5.82 Å². The largest absolute Gasteiger partial charge is 0.493 e. The van der Waals surface area contributed by atoms with Crippen LogP contribution in [-0.4, -0.2) is 29.4 Å². The van der Waals surface area contributed by atoms with Gasteiger partial charge in [-0.15, -0.1) is 5.10 Å². The van der Waals surface area contributed by atoms with Crippen LogP contribution in [0.15, 0.2) is 48.7 Å². The summed E-state index contributed by atoms with van der Waals surface area (Å²) in [5.41, 5.74) is 1.52. The molecule has 0 radical (unpaired) electrons. The molecule has 0 saturated carbocycles. The van der Waals surface area contributed by atoms with Crippen molar-refractivity contribution in [2.24, 2.45) is 0 Å². The van der Waals surface area contributed by atoms with Gasteiger partial charge in [0.25, 0.3) is 0 Å². The van der Waals surface area contributed by atoms with Gasteiger partial charge in [-0.25, -0.2) is 4.39 Å². The number of nitrogens with one attached hydrogen (secondary N) is 2. The molecule has 0 amide bonds. The molecule has 0 saturated heterocycles. The highest BCUT2D eigenvalue weighted by atomic mass is 19.1. The molecule has 27 heavy (non-hydrogen) atoms. The summed E-state index contributed by atoms with van der Waals surface area (Å²) in [6.45, 7) is 0.791. The first-order chi connectivity index (χ1) is 13.2. The molecule has 0 atom stereocenters. The zero-order chi connectivity index (χ0) is 19.1. The fourth-order valence-electron chi connectivity index (χ4n) is 2.46. The van der Waals surface area contributed by atoms with E-state index in [9.17, 15) is 4.39 Å². The lowest BCUT2D eigenvalue weighted by Gasteiger charge is -2.11. The predicted octanol–water partition coefficient (Wildman–Crippen LogP) is 3.25. The first-order valence-electron chi connectivity index (χ1n) is 8.31. The monoisotopic (exact) mass is 369 g/mol. The zero-order valence-electron chi connectivity index (χ0n) is 15.1. The summed E-state index contributed by atoms with van der Waals surface area (Å²) in [7, 11) is 3.19. The molecule has 0 aliphatic carbocycles. The highest BCUT2D eigenvalue weighted by molar-refractivity contribution is 5.44. The van der Waals surface area contributed by atoms with Crippen LogP contribution in [0.3, 0.4) is 0 Å². The van der Waals surface area contributed by atoms with Crippen LogP contribution in [0.1, 0.15) is 11.1 Å². The molecule has 8 heteroatoms. The summed E-state index contributed by atoms with van der Waals surface area (Å²) in [4.78, 5) is 4.33. The smallest absolute Gasteiger partial charge is 0.244 e. The third-order valence-corrected chi connectivity index (χ3v) is 3.88. The molecule has 0 unspecified atom stereocenters. The lowest BCUT2D eigenvalue weighted by molar-refractivity contribution is 0.354. The fourth-order valence-corrected chi connectivity index (χ4v) is 2.46. The van der Waals surface area contributed by atoms with Gasteiger partial charge in [0.2, 0.25) is 5.95 Å². The lowest BCUT2D eigenvalue weighted by Crippen LogP contribution is -2.09. The number of ether oxygens (including phenoxy) is 2. The molecule has 0 aliphatic heterocycles. The summed E-state index contributed by atoms with van der Waals surface area (Å²) in [5, 5.41) is 14.0. The Morgan fingerprint density at radius 2 is 1.78 bits per heavy atom. The van der Waals surface area contributed by atoms with Crippen LogP contribution in [-0.2, 0) is 13.1 Å². The maximum Gasteiger partial charge on any atom is 0.244 e. The summed E-state index contributed by atoms with van der Waals surface area (Å²) in [6, 6.07) is 12.2.